The van der Waals surface area contributed by atoms with Gasteiger partial charge in [-0.1, -0.05) is 95.3 Å². The smallest absolute Gasteiger partial charge is 0.224 e. The van der Waals surface area contributed by atoms with Crippen molar-refractivity contribution in [2.45, 2.75) is 111 Å². The Morgan fingerprint density at radius 3 is 1.72 bits per heavy atom. The number of hydrogen-bond acceptors (Lipinski definition) is 5. The Kier molecular flexibility index (Phi) is 13.9. The van der Waals surface area contributed by atoms with Gasteiger partial charge in [-0.15, -0.1) is 0 Å². The average molecular weight is 631 g/mol. The monoisotopic (exact) mass is 630 g/mol. The van der Waals surface area contributed by atoms with Gasteiger partial charge in [0.05, 0.1) is 12.1 Å². The summed E-state index contributed by atoms with van der Waals surface area (Å²) in [5, 5.41) is 6.03. The third kappa shape index (κ3) is 12.0. The standard InChI is InChI=1S/C39H54N2O5/c1-26(2)21-33(40-37(45)31(23-28(5)42)18-17-29-13-9-7-10-14-29)35(43)25-32(24-30-15-11-8-12-16-30)38(46)41-34(22-27(3)4)36(44)39(6)19-20-39/h7-16,26-27,31-34H,17-25H2,1-6H3,(H,40,45)(H,41,46)/t31-,32-,33+,34+/m1/s1. The van der Waals surface area contributed by atoms with Crippen molar-refractivity contribution >= 4 is 29.2 Å². The third-order valence-electron chi connectivity index (χ3n) is 9.02. The third-order valence-corrected chi connectivity index (χ3v) is 9.02. The van der Waals surface area contributed by atoms with Gasteiger partial charge in [0.2, 0.25) is 11.8 Å². The van der Waals surface area contributed by atoms with E-state index in [1.165, 1.54) is 6.92 Å². The quantitative estimate of drug-likeness (QED) is 0.174. The maximum absolute atomic E-state index is 14.0. The van der Waals surface area contributed by atoms with Crippen molar-refractivity contribution in [2.75, 3.05) is 0 Å². The maximum Gasteiger partial charge on any atom is 0.224 e. The molecule has 2 amide bonds. The zero-order valence-electron chi connectivity index (χ0n) is 28.6. The fourth-order valence-electron chi connectivity index (χ4n) is 6.08. The van der Waals surface area contributed by atoms with E-state index in [-0.39, 0.29) is 59.3 Å². The number of hydrogen-bond donors (Lipinski definition) is 2. The van der Waals surface area contributed by atoms with Crippen molar-refractivity contribution in [3.05, 3.63) is 71.8 Å². The van der Waals surface area contributed by atoms with Crippen molar-refractivity contribution in [3.63, 3.8) is 0 Å². The lowest BCUT2D eigenvalue weighted by molar-refractivity contribution is -0.135. The summed E-state index contributed by atoms with van der Waals surface area (Å²) in [6, 6.07) is 18.0. The number of amides is 2. The van der Waals surface area contributed by atoms with E-state index in [1.807, 2.05) is 95.3 Å². The molecule has 4 atom stereocenters. The van der Waals surface area contributed by atoms with Crippen LogP contribution in [-0.2, 0) is 36.8 Å². The fourth-order valence-corrected chi connectivity index (χ4v) is 6.08. The molecule has 7 nitrogen and oxygen atoms in total. The van der Waals surface area contributed by atoms with E-state index in [2.05, 4.69) is 10.6 Å². The first-order valence-corrected chi connectivity index (χ1v) is 17.0. The van der Waals surface area contributed by atoms with Crippen molar-refractivity contribution in [2.24, 2.45) is 29.1 Å². The Morgan fingerprint density at radius 2 is 1.20 bits per heavy atom. The molecule has 250 valence electrons. The lowest BCUT2D eigenvalue weighted by Gasteiger charge is -2.27. The Hall–Kier alpha value is -3.61. The Balaban J connectivity index is 1.80. The molecule has 0 heterocycles. The molecule has 1 aliphatic rings. The molecule has 1 fully saturated rings. The number of ketones is 3. The highest BCUT2D eigenvalue weighted by atomic mass is 16.2. The predicted octanol–water partition coefficient (Wildman–Crippen LogP) is 6.46. The summed E-state index contributed by atoms with van der Waals surface area (Å²) in [6.07, 6.45) is 4.12. The molecule has 3 rings (SSSR count). The molecule has 0 aliphatic heterocycles. The molecule has 0 bridgehead atoms. The largest absolute Gasteiger partial charge is 0.346 e. The van der Waals surface area contributed by atoms with Crippen LogP contribution in [0.5, 0.6) is 0 Å². The molecule has 0 aromatic heterocycles. The highest BCUT2D eigenvalue weighted by Gasteiger charge is 2.48. The van der Waals surface area contributed by atoms with E-state index in [0.717, 1.165) is 24.0 Å². The van der Waals surface area contributed by atoms with Crippen LogP contribution in [0.3, 0.4) is 0 Å². The lowest BCUT2D eigenvalue weighted by Crippen LogP contribution is -2.49. The number of nitrogens with one attached hydrogen (secondary N) is 2. The first-order chi connectivity index (χ1) is 21.8. The Bertz CT molecular complexity index is 1320. The van der Waals surface area contributed by atoms with Crippen LogP contribution in [0.2, 0.25) is 0 Å². The van der Waals surface area contributed by atoms with Crippen LogP contribution >= 0.6 is 0 Å². The first-order valence-electron chi connectivity index (χ1n) is 17.0. The summed E-state index contributed by atoms with van der Waals surface area (Å²) in [4.78, 5) is 67.0. The fraction of sp³-hybridized carbons (Fsp3) is 0.564. The van der Waals surface area contributed by atoms with Gasteiger partial charge in [-0.3, -0.25) is 19.2 Å². The van der Waals surface area contributed by atoms with Crippen LogP contribution in [0.1, 0.15) is 97.6 Å². The Morgan fingerprint density at radius 1 is 0.696 bits per heavy atom. The number of rotatable bonds is 20. The second-order valence-electron chi connectivity index (χ2n) is 14.5. The molecule has 0 saturated heterocycles. The minimum absolute atomic E-state index is 0.0660. The van der Waals surface area contributed by atoms with E-state index >= 15 is 0 Å². The molecule has 1 saturated carbocycles. The summed E-state index contributed by atoms with van der Waals surface area (Å²) >= 11 is 0. The highest BCUT2D eigenvalue weighted by molar-refractivity contribution is 5.97. The number of carbonyl (C=O) groups is 5. The van der Waals surface area contributed by atoms with Crippen LogP contribution in [0.25, 0.3) is 0 Å². The van der Waals surface area contributed by atoms with Crippen molar-refractivity contribution in [1.82, 2.24) is 10.6 Å². The van der Waals surface area contributed by atoms with Gasteiger partial charge in [-0.05, 0) is 74.8 Å². The molecule has 0 spiro atoms. The van der Waals surface area contributed by atoms with Gasteiger partial charge in [-0.2, -0.15) is 0 Å². The summed E-state index contributed by atoms with van der Waals surface area (Å²) in [7, 11) is 0. The normalized spacial score (nSPS) is 16.3. The molecule has 0 radical (unpaired) electrons. The van der Waals surface area contributed by atoms with Gasteiger partial charge < -0.3 is 15.4 Å². The van der Waals surface area contributed by atoms with Crippen molar-refractivity contribution < 1.29 is 24.0 Å². The molecule has 7 heteroatoms. The molecular formula is C39H54N2O5. The second kappa shape index (κ2) is 17.3. The summed E-state index contributed by atoms with van der Waals surface area (Å²) < 4.78 is 0. The second-order valence-corrected chi connectivity index (χ2v) is 14.5. The average Bonchev–Trinajstić information content (AvgIpc) is 3.76. The van der Waals surface area contributed by atoms with Gasteiger partial charge in [0.15, 0.2) is 11.6 Å². The minimum atomic E-state index is -0.789. The van der Waals surface area contributed by atoms with Crippen LogP contribution in [-0.4, -0.2) is 41.2 Å². The van der Waals surface area contributed by atoms with Gasteiger partial charge in [0, 0.05) is 30.1 Å². The SMILES string of the molecule is CC(=O)C[C@@H](CCc1ccccc1)C(=O)N[C@@H](CC(C)C)C(=O)C[C@@H](Cc1ccccc1)C(=O)N[C@@H](CC(C)C)C(=O)C1(C)CC1. The lowest BCUT2D eigenvalue weighted by atomic mass is 9.87. The Labute approximate surface area is 275 Å². The number of benzene rings is 2. The topological polar surface area (TPSA) is 109 Å². The predicted molar refractivity (Wildman–Crippen MR) is 182 cm³/mol. The maximum atomic E-state index is 14.0. The number of Topliss-reactive ketones (excluding diaryl/α,β-unsaturated/α-hetero) is 3. The van der Waals surface area contributed by atoms with Gasteiger partial charge in [0.25, 0.3) is 0 Å². The van der Waals surface area contributed by atoms with E-state index in [1.54, 1.807) is 0 Å². The zero-order valence-corrected chi connectivity index (χ0v) is 28.6. The van der Waals surface area contributed by atoms with Gasteiger partial charge in [0.1, 0.15) is 5.78 Å². The van der Waals surface area contributed by atoms with Crippen molar-refractivity contribution in [1.29, 1.82) is 0 Å². The highest BCUT2D eigenvalue weighted by Crippen LogP contribution is 2.47. The molecule has 46 heavy (non-hydrogen) atoms. The van der Waals surface area contributed by atoms with Crippen molar-refractivity contribution in [3.8, 4) is 0 Å². The van der Waals surface area contributed by atoms with E-state index in [4.69, 9.17) is 0 Å². The molecule has 0 unspecified atom stereocenters. The number of carbonyl (C=O) groups excluding carboxylic acids is 5. The van der Waals surface area contributed by atoms with E-state index in [0.29, 0.717) is 32.1 Å². The van der Waals surface area contributed by atoms with Gasteiger partial charge >= 0.3 is 0 Å². The van der Waals surface area contributed by atoms with E-state index in [9.17, 15) is 24.0 Å². The van der Waals surface area contributed by atoms with Gasteiger partial charge in [-0.25, -0.2) is 0 Å². The van der Waals surface area contributed by atoms with Crippen LogP contribution in [0.15, 0.2) is 60.7 Å². The molecular weight excluding hydrogens is 576 g/mol. The summed E-state index contributed by atoms with van der Waals surface area (Å²) in [6.45, 7) is 11.5. The molecule has 2 aromatic carbocycles. The summed E-state index contributed by atoms with van der Waals surface area (Å²) in [5.41, 5.74) is 1.61. The minimum Gasteiger partial charge on any atom is -0.346 e. The molecule has 2 N–H and O–H groups in total. The van der Waals surface area contributed by atoms with Crippen LogP contribution in [0.4, 0.5) is 0 Å². The zero-order chi connectivity index (χ0) is 33.9. The van der Waals surface area contributed by atoms with E-state index < -0.39 is 23.9 Å². The van der Waals surface area contributed by atoms with Crippen LogP contribution in [0, 0.1) is 29.1 Å². The summed E-state index contributed by atoms with van der Waals surface area (Å²) in [5.74, 6) is -1.80. The van der Waals surface area contributed by atoms with Crippen LogP contribution < -0.4 is 10.6 Å². The number of aryl methyl sites for hydroxylation is 1. The molecule has 1 aliphatic carbocycles. The molecule has 2 aromatic rings. The first kappa shape index (κ1) is 36.9.